The molecule has 2 amide bonds. The summed E-state index contributed by atoms with van der Waals surface area (Å²) in [6, 6.07) is 15.7. The van der Waals surface area contributed by atoms with E-state index in [2.05, 4.69) is 5.32 Å². The molecule has 0 aliphatic carbocycles. The van der Waals surface area contributed by atoms with Crippen molar-refractivity contribution in [2.24, 2.45) is 0 Å². The van der Waals surface area contributed by atoms with Gasteiger partial charge in [0.2, 0.25) is 11.8 Å². The Hall–Kier alpha value is -3.07. The monoisotopic (exact) mass is 631 g/mol. The van der Waals surface area contributed by atoms with Crippen molar-refractivity contribution in [3.05, 3.63) is 93.0 Å². The van der Waals surface area contributed by atoms with Gasteiger partial charge in [-0.2, -0.15) is 0 Å². The van der Waals surface area contributed by atoms with Crippen LogP contribution in [0.1, 0.15) is 55.9 Å². The number of carbonyl (C=O) groups excluding carboxylic acids is 2. The Balaban J connectivity index is 2.11. The second-order valence-electron chi connectivity index (χ2n) is 10.6. The van der Waals surface area contributed by atoms with Gasteiger partial charge in [0.15, 0.2) is 0 Å². The van der Waals surface area contributed by atoms with E-state index < -0.39 is 28.5 Å². The minimum atomic E-state index is -4.15. The highest BCUT2D eigenvalue weighted by molar-refractivity contribution is 7.92. The summed E-state index contributed by atoms with van der Waals surface area (Å²) in [5.74, 6) is -0.856. The average molecular weight is 633 g/mol. The first-order valence-corrected chi connectivity index (χ1v) is 16.2. The van der Waals surface area contributed by atoms with Crippen LogP contribution in [0.2, 0.25) is 10.0 Å². The van der Waals surface area contributed by atoms with Gasteiger partial charge in [-0.05, 0) is 93.6 Å². The second-order valence-corrected chi connectivity index (χ2v) is 13.3. The molecule has 0 aliphatic heterocycles. The van der Waals surface area contributed by atoms with Crippen LogP contribution in [0, 0.1) is 20.8 Å². The lowest BCUT2D eigenvalue weighted by molar-refractivity contribution is -0.140. The third kappa shape index (κ3) is 8.06. The van der Waals surface area contributed by atoms with Gasteiger partial charge in [0.1, 0.15) is 12.6 Å². The molecule has 0 aliphatic rings. The Morgan fingerprint density at radius 2 is 1.55 bits per heavy atom. The Labute approximate surface area is 259 Å². The fourth-order valence-corrected chi connectivity index (χ4v) is 6.32. The number of amides is 2. The van der Waals surface area contributed by atoms with Gasteiger partial charge in [-0.3, -0.25) is 13.9 Å². The minimum Gasteiger partial charge on any atom is -0.352 e. The minimum absolute atomic E-state index is 0.00733. The number of aryl methyl sites for hydroxylation is 3. The van der Waals surface area contributed by atoms with Gasteiger partial charge < -0.3 is 10.2 Å². The van der Waals surface area contributed by atoms with Crippen molar-refractivity contribution < 1.29 is 18.0 Å². The summed E-state index contributed by atoms with van der Waals surface area (Å²) < 4.78 is 29.2. The third-order valence-corrected chi connectivity index (χ3v) is 9.78. The summed E-state index contributed by atoms with van der Waals surface area (Å²) in [5.41, 5.74) is 3.72. The number of nitrogens with zero attached hydrogens (tertiary/aromatic N) is 2. The van der Waals surface area contributed by atoms with Crippen LogP contribution in [0.4, 0.5) is 5.69 Å². The van der Waals surface area contributed by atoms with Crippen molar-refractivity contribution in [1.82, 2.24) is 10.2 Å². The molecule has 1 N–H and O–H groups in total. The van der Waals surface area contributed by atoms with E-state index in [9.17, 15) is 18.0 Å². The maximum absolute atomic E-state index is 14.2. The summed E-state index contributed by atoms with van der Waals surface area (Å²) >= 11 is 12.6. The van der Waals surface area contributed by atoms with E-state index in [1.807, 2.05) is 47.6 Å². The number of nitrogens with one attached hydrogen (secondary N) is 1. The molecule has 42 heavy (non-hydrogen) atoms. The number of hydrogen-bond acceptors (Lipinski definition) is 4. The van der Waals surface area contributed by atoms with Crippen molar-refractivity contribution in [2.75, 3.05) is 10.8 Å². The molecule has 2 atom stereocenters. The number of hydrogen-bond donors (Lipinski definition) is 1. The lowest BCUT2D eigenvalue weighted by Gasteiger charge is -2.34. The van der Waals surface area contributed by atoms with Crippen LogP contribution < -0.4 is 9.62 Å². The SMILES string of the molecule is CCC(C)NC(=O)C(CC)N(Cc1ccc(Cl)cc1Cl)C(=O)CN(c1ccc(C)c(C)c1)S(=O)(=O)c1ccc(C)cc1. The molecule has 3 aromatic rings. The molecule has 0 radical (unpaired) electrons. The van der Waals surface area contributed by atoms with Gasteiger partial charge >= 0.3 is 0 Å². The average Bonchev–Trinajstić information content (AvgIpc) is 2.94. The van der Waals surface area contributed by atoms with E-state index >= 15 is 0 Å². The Morgan fingerprint density at radius 3 is 2.12 bits per heavy atom. The van der Waals surface area contributed by atoms with Gasteiger partial charge in [-0.25, -0.2) is 8.42 Å². The predicted octanol–water partition coefficient (Wildman–Crippen LogP) is 6.84. The van der Waals surface area contributed by atoms with Crippen LogP contribution >= 0.6 is 23.2 Å². The lowest BCUT2D eigenvalue weighted by atomic mass is 10.1. The Kier molecular flexibility index (Phi) is 11.5. The van der Waals surface area contributed by atoms with Gasteiger partial charge in [-0.1, -0.05) is 66.9 Å². The summed E-state index contributed by atoms with van der Waals surface area (Å²) in [6.07, 6.45) is 1.03. The number of carbonyl (C=O) groups is 2. The zero-order valence-electron chi connectivity index (χ0n) is 24.9. The smallest absolute Gasteiger partial charge is 0.264 e. The van der Waals surface area contributed by atoms with E-state index in [0.29, 0.717) is 34.1 Å². The number of halogens is 2. The summed E-state index contributed by atoms with van der Waals surface area (Å²) in [4.78, 5) is 29.1. The first kappa shape index (κ1) is 33.4. The first-order valence-electron chi connectivity index (χ1n) is 14.0. The van der Waals surface area contributed by atoms with E-state index in [1.165, 1.54) is 17.0 Å². The maximum atomic E-state index is 14.2. The molecule has 3 aromatic carbocycles. The fourth-order valence-electron chi connectivity index (χ4n) is 4.44. The van der Waals surface area contributed by atoms with Crippen molar-refractivity contribution >= 4 is 50.7 Å². The lowest BCUT2D eigenvalue weighted by Crippen LogP contribution is -2.53. The van der Waals surface area contributed by atoms with Crippen LogP contribution in [0.15, 0.2) is 65.6 Å². The Bertz CT molecular complexity index is 1530. The van der Waals surface area contributed by atoms with E-state index in [0.717, 1.165) is 21.0 Å². The molecule has 0 spiro atoms. The summed E-state index contributed by atoms with van der Waals surface area (Å²) in [7, 11) is -4.15. The zero-order chi connectivity index (χ0) is 31.2. The summed E-state index contributed by atoms with van der Waals surface area (Å²) in [6.45, 7) is 10.8. The highest BCUT2D eigenvalue weighted by Gasteiger charge is 2.34. The van der Waals surface area contributed by atoms with Crippen molar-refractivity contribution in [3.8, 4) is 0 Å². The van der Waals surface area contributed by atoms with Crippen molar-refractivity contribution in [3.63, 3.8) is 0 Å². The second kappa shape index (κ2) is 14.4. The molecule has 0 heterocycles. The maximum Gasteiger partial charge on any atom is 0.264 e. The van der Waals surface area contributed by atoms with Gasteiger partial charge in [0.25, 0.3) is 10.0 Å². The third-order valence-electron chi connectivity index (χ3n) is 7.41. The molecule has 2 unspecified atom stereocenters. The van der Waals surface area contributed by atoms with Gasteiger partial charge in [-0.15, -0.1) is 0 Å². The van der Waals surface area contributed by atoms with Crippen molar-refractivity contribution in [2.45, 2.75) is 77.9 Å². The van der Waals surface area contributed by atoms with E-state index in [1.54, 1.807) is 42.5 Å². The van der Waals surface area contributed by atoms with Crippen LogP contribution in [0.25, 0.3) is 0 Å². The van der Waals surface area contributed by atoms with E-state index in [-0.39, 0.29) is 23.4 Å². The topological polar surface area (TPSA) is 86.8 Å². The molecule has 10 heteroatoms. The first-order chi connectivity index (χ1) is 19.8. The molecule has 0 bridgehead atoms. The number of benzene rings is 3. The van der Waals surface area contributed by atoms with Gasteiger partial charge in [0, 0.05) is 22.6 Å². The number of sulfonamides is 1. The normalized spacial score (nSPS) is 12.9. The quantitative estimate of drug-likeness (QED) is 0.237. The highest BCUT2D eigenvalue weighted by Crippen LogP contribution is 2.28. The molecule has 0 aromatic heterocycles. The zero-order valence-corrected chi connectivity index (χ0v) is 27.3. The fraction of sp³-hybridized carbons (Fsp3) is 0.375. The Morgan fingerprint density at radius 1 is 0.881 bits per heavy atom. The number of rotatable bonds is 12. The predicted molar refractivity (Wildman–Crippen MR) is 171 cm³/mol. The standard InChI is InChI=1S/C32H39Cl2N3O4S/c1-7-24(6)35-32(39)30(8-2)36(19-25-12-13-26(33)18-29(25)34)31(38)20-37(27-14-11-22(4)23(5)17-27)42(40,41)28-15-9-21(3)10-16-28/h9-18,24,30H,7-8,19-20H2,1-6H3,(H,35,39). The number of anilines is 1. The largest absolute Gasteiger partial charge is 0.352 e. The van der Waals surface area contributed by atoms with Crippen LogP contribution in [-0.4, -0.2) is 43.8 Å². The molecular formula is C32H39Cl2N3O4S. The molecule has 0 saturated carbocycles. The van der Waals surface area contributed by atoms with Crippen LogP contribution in [0.3, 0.4) is 0 Å². The van der Waals surface area contributed by atoms with Gasteiger partial charge in [0.05, 0.1) is 10.6 Å². The molecule has 226 valence electrons. The van der Waals surface area contributed by atoms with Crippen molar-refractivity contribution in [1.29, 1.82) is 0 Å². The van der Waals surface area contributed by atoms with Crippen LogP contribution in [0.5, 0.6) is 0 Å². The molecule has 0 fully saturated rings. The molecule has 0 saturated heterocycles. The molecule has 3 rings (SSSR count). The van der Waals surface area contributed by atoms with E-state index in [4.69, 9.17) is 23.2 Å². The molecular weight excluding hydrogens is 593 g/mol. The van der Waals surface area contributed by atoms with Crippen LogP contribution in [-0.2, 0) is 26.2 Å². The summed E-state index contributed by atoms with van der Waals surface area (Å²) in [5, 5.41) is 3.75. The molecule has 7 nitrogen and oxygen atoms in total. The highest BCUT2D eigenvalue weighted by atomic mass is 35.5.